The van der Waals surface area contributed by atoms with E-state index in [9.17, 15) is 18.0 Å². The zero-order valence-corrected chi connectivity index (χ0v) is 12.7. The van der Waals surface area contributed by atoms with Crippen LogP contribution in [-0.2, 0) is 0 Å². The summed E-state index contributed by atoms with van der Waals surface area (Å²) in [5.74, 6) is -1.90. The van der Waals surface area contributed by atoms with E-state index in [1.165, 1.54) is 17.1 Å². The molecule has 0 aliphatic rings. The second kappa shape index (κ2) is 6.95. The lowest BCUT2D eigenvalue weighted by Gasteiger charge is -2.29. The predicted octanol–water partition coefficient (Wildman–Crippen LogP) is 4.29. The monoisotopic (exact) mass is 320 g/mol. The molecule has 0 heterocycles. The van der Waals surface area contributed by atoms with Crippen molar-refractivity contribution in [2.75, 3.05) is 19.1 Å². The first-order valence-electron chi connectivity index (χ1n) is 6.22. The van der Waals surface area contributed by atoms with Gasteiger partial charge in [-0.25, -0.2) is 5.01 Å². The molecule has 0 spiro atoms. The SMILES string of the molecule is CC/C=C\N(c1cc(Cl)ccc1C(=O)C(F)(F)F)N(C)C. The van der Waals surface area contributed by atoms with Crippen molar-refractivity contribution >= 4 is 23.1 Å². The van der Waals surface area contributed by atoms with E-state index in [0.29, 0.717) is 6.42 Å². The van der Waals surface area contributed by atoms with Gasteiger partial charge in [0.1, 0.15) is 0 Å². The van der Waals surface area contributed by atoms with Crippen LogP contribution in [0.15, 0.2) is 30.5 Å². The molecule has 0 bridgehead atoms. The van der Waals surface area contributed by atoms with Crippen LogP contribution in [0.1, 0.15) is 23.7 Å². The molecule has 1 aromatic carbocycles. The maximum Gasteiger partial charge on any atom is 0.454 e. The van der Waals surface area contributed by atoms with Gasteiger partial charge in [-0.05, 0) is 24.6 Å². The predicted molar refractivity (Wildman–Crippen MR) is 77.4 cm³/mol. The van der Waals surface area contributed by atoms with Crippen molar-refractivity contribution in [3.05, 3.63) is 41.1 Å². The van der Waals surface area contributed by atoms with Gasteiger partial charge in [0.15, 0.2) is 0 Å². The Bertz CT molecular complexity index is 542. The standard InChI is InChI=1S/C14H16ClF3N2O/c1-4-5-8-20(19(2)3)12-9-10(15)6-7-11(12)13(21)14(16,17)18/h5-9H,4H2,1-3H3/b8-5-. The summed E-state index contributed by atoms with van der Waals surface area (Å²) in [4.78, 5) is 11.6. The number of carbonyl (C=O) groups excluding carboxylic acids is 1. The zero-order chi connectivity index (χ0) is 16.2. The molecule has 1 aromatic rings. The quantitative estimate of drug-likeness (QED) is 0.597. The Morgan fingerprint density at radius 2 is 1.95 bits per heavy atom. The Morgan fingerprint density at radius 3 is 2.43 bits per heavy atom. The van der Waals surface area contributed by atoms with Crippen LogP contribution in [0.25, 0.3) is 0 Å². The molecule has 0 unspecified atom stereocenters. The molecule has 0 atom stereocenters. The molecule has 21 heavy (non-hydrogen) atoms. The van der Waals surface area contributed by atoms with Crippen molar-refractivity contribution in [1.29, 1.82) is 0 Å². The lowest BCUT2D eigenvalue weighted by atomic mass is 10.1. The third-order valence-corrected chi connectivity index (χ3v) is 2.86. The smallest absolute Gasteiger partial charge is 0.284 e. The van der Waals surface area contributed by atoms with Crippen molar-refractivity contribution in [2.45, 2.75) is 19.5 Å². The average molecular weight is 321 g/mol. The summed E-state index contributed by atoms with van der Waals surface area (Å²) >= 11 is 5.86. The van der Waals surface area contributed by atoms with Gasteiger partial charge in [0, 0.05) is 25.3 Å². The van der Waals surface area contributed by atoms with Crippen LogP contribution >= 0.6 is 11.6 Å². The number of carbonyl (C=O) groups is 1. The van der Waals surface area contributed by atoms with Gasteiger partial charge in [0.2, 0.25) is 0 Å². The van der Waals surface area contributed by atoms with Crippen molar-refractivity contribution < 1.29 is 18.0 Å². The number of alkyl halides is 3. The molecule has 116 valence electrons. The molecule has 3 nitrogen and oxygen atoms in total. The second-order valence-corrected chi connectivity index (χ2v) is 4.91. The van der Waals surface area contributed by atoms with Gasteiger partial charge >= 0.3 is 6.18 Å². The fourth-order valence-corrected chi connectivity index (χ4v) is 1.84. The first-order valence-corrected chi connectivity index (χ1v) is 6.60. The highest BCUT2D eigenvalue weighted by atomic mass is 35.5. The minimum atomic E-state index is -4.94. The number of benzene rings is 1. The topological polar surface area (TPSA) is 23.6 Å². The maximum absolute atomic E-state index is 12.7. The molecule has 0 saturated heterocycles. The fraction of sp³-hybridized carbons (Fsp3) is 0.357. The highest BCUT2D eigenvalue weighted by molar-refractivity contribution is 6.31. The Kier molecular flexibility index (Phi) is 5.80. The third-order valence-electron chi connectivity index (χ3n) is 2.62. The van der Waals surface area contributed by atoms with Crippen LogP contribution in [0, 0.1) is 0 Å². The largest absolute Gasteiger partial charge is 0.454 e. The number of anilines is 1. The van der Waals surface area contributed by atoms with Gasteiger partial charge in [0.25, 0.3) is 5.78 Å². The Morgan fingerprint density at radius 1 is 1.33 bits per heavy atom. The number of halogens is 4. The lowest BCUT2D eigenvalue weighted by Crippen LogP contribution is -2.34. The molecule has 1 rings (SSSR count). The Labute approximate surface area is 126 Å². The molecule has 0 fully saturated rings. The number of hydrogen-bond acceptors (Lipinski definition) is 3. The summed E-state index contributed by atoms with van der Waals surface area (Å²) in [6.45, 7) is 1.89. The van der Waals surface area contributed by atoms with Crippen LogP contribution in [0.2, 0.25) is 5.02 Å². The van der Waals surface area contributed by atoms with Crippen LogP contribution in [-0.4, -0.2) is 31.1 Å². The summed E-state index contributed by atoms with van der Waals surface area (Å²) in [6.07, 6.45) is -0.871. The van der Waals surface area contributed by atoms with E-state index in [2.05, 4.69) is 0 Å². The van der Waals surface area contributed by atoms with Gasteiger partial charge in [0.05, 0.1) is 11.3 Å². The molecular weight excluding hydrogens is 305 g/mol. The van der Waals surface area contributed by atoms with E-state index in [4.69, 9.17) is 11.6 Å². The van der Waals surface area contributed by atoms with Crippen LogP contribution in [0.4, 0.5) is 18.9 Å². The molecule has 0 aromatic heterocycles. The number of ketones is 1. The maximum atomic E-state index is 12.7. The van der Waals surface area contributed by atoms with Crippen molar-refractivity contribution in [2.24, 2.45) is 0 Å². The minimum Gasteiger partial charge on any atom is -0.284 e. The summed E-state index contributed by atoms with van der Waals surface area (Å²) in [7, 11) is 3.31. The van der Waals surface area contributed by atoms with E-state index in [0.717, 1.165) is 6.07 Å². The number of allylic oxidation sites excluding steroid dienone is 1. The minimum absolute atomic E-state index is 0.0829. The van der Waals surface area contributed by atoms with E-state index in [1.807, 2.05) is 6.92 Å². The Balaban J connectivity index is 3.41. The summed E-state index contributed by atoms with van der Waals surface area (Å²) in [6, 6.07) is 3.69. The summed E-state index contributed by atoms with van der Waals surface area (Å²) in [5.41, 5.74) is -0.360. The molecule has 0 saturated carbocycles. The highest BCUT2D eigenvalue weighted by Gasteiger charge is 2.41. The summed E-state index contributed by atoms with van der Waals surface area (Å²) < 4.78 is 38.1. The molecule has 0 N–H and O–H groups in total. The average Bonchev–Trinajstić information content (AvgIpc) is 2.37. The fourth-order valence-electron chi connectivity index (χ4n) is 1.67. The zero-order valence-electron chi connectivity index (χ0n) is 11.9. The molecular formula is C14H16ClF3N2O. The highest BCUT2D eigenvalue weighted by Crippen LogP contribution is 2.31. The molecule has 0 aliphatic heterocycles. The summed E-state index contributed by atoms with van der Waals surface area (Å²) in [5, 5.41) is 3.25. The molecule has 0 radical (unpaired) electrons. The van der Waals surface area contributed by atoms with Crippen LogP contribution in [0.3, 0.4) is 0 Å². The van der Waals surface area contributed by atoms with Gasteiger partial charge in [-0.3, -0.25) is 9.80 Å². The number of rotatable bonds is 5. The van der Waals surface area contributed by atoms with Gasteiger partial charge in [-0.15, -0.1) is 0 Å². The van der Waals surface area contributed by atoms with E-state index in [1.54, 1.807) is 31.4 Å². The molecule has 0 aliphatic carbocycles. The van der Waals surface area contributed by atoms with Gasteiger partial charge < -0.3 is 0 Å². The lowest BCUT2D eigenvalue weighted by molar-refractivity contribution is -0.0885. The van der Waals surface area contributed by atoms with Gasteiger partial charge in [-0.1, -0.05) is 24.6 Å². The van der Waals surface area contributed by atoms with E-state index < -0.39 is 17.5 Å². The van der Waals surface area contributed by atoms with Crippen molar-refractivity contribution in [3.8, 4) is 0 Å². The number of hydrogen-bond donors (Lipinski definition) is 0. The van der Waals surface area contributed by atoms with Gasteiger partial charge in [-0.2, -0.15) is 13.2 Å². The number of hydrazine groups is 1. The molecule has 0 amide bonds. The van der Waals surface area contributed by atoms with E-state index in [-0.39, 0.29) is 10.7 Å². The second-order valence-electron chi connectivity index (χ2n) is 4.47. The number of Topliss-reactive ketones (excluding diaryl/α,β-unsaturated/α-hetero) is 1. The Hall–Kier alpha value is -1.53. The third kappa shape index (κ3) is 4.47. The van der Waals surface area contributed by atoms with Crippen molar-refractivity contribution in [3.63, 3.8) is 0 Å². The van der Waals surface area contributed by atoms with Crippen LogP contribution in [0.5, 0.6) is 0 Å². The first kappa shape index (κ1) is 17.5. The molecule has 7 heteroatoms. The van der Waals surface area contributed by atoms with Crippen LogP contribution < -0.4 is 5.01 Å². The normalized spacial score (nSPS) is 12.2. The van der Waals surface area contributed by atoms with E-state index >= 15 is 0 Å². The number of nitrogens with zero attached hydrogens (tertiary/aromatic N) is 2. The van der Waals surface area contributed by atoms with Crippen molar-refractivity contribution in [1.82, 2.24) is 5.01 Å². The first-order chi connectivity index (χ1) is 9.68.